The number of thiophene rings is 1. The van der Waals surface area contributed by atoms with E-state index in [1.807, 2.05) is 17.5 Å². The summed E-state index contributed by atoms with van der Waals surface area (Å²) in [7, 11) is 0. The number of halogens is 1. The molecular weight excluding hydrogens is 377 g/mol. The Labute approximate surface area is 168 Å². The largest absolute Gasteiger partial charge is 0.348 e. The van der Waals surface area contributed by atoms with Gasteiger partial charge < -0.3 is 9.84 Å². The highest BCUT2D eigenvalue weighted by Gasteiger charge is 2.18. The smallest absolute Gasteiger partial charge is 0.227 e. The number of aromatic nitrogens is 2. The van der Waals surface area contributed by atoms with E-state index in [4.69, 9.17) is 4.52 Å². The lowest BCUT2D eigenvalue weighted by molar-refractivity contribution is -0.122. The zero-order valence-electron chi connectivity index (χ0n) is 16.2. The third-order valence-corrected chi connectivity index (χ3v) is 5.38. The molecule has 1 N–H and O–H groups in total. The van der Waals surface area contributed by atoms with Crippen LogP contribution in [0.25, 0.3) is 11.4 Å². The van der Waals surface area contributed by atoms with Crippen molar-refractivity contribution < 1.29 is 13.7 Å². The van der Waals surface area contributed by atoms with Crippen molar-refractivity contribution >= 4 is 17.2 Å². The van der Waals surface area contributed by atoms with Gasteiger partial charge in [-0.3, -0.25) is 4.79 Å². The number of carbonyl (C=O) groups excluding carboxylic acids is 1. The molecule has 0 saturated heterocycles. The molecule has 1 atom stereocenters. The molecule has 2 aromatic heterocycles. The van der Waals surface area contributed by atoms with Crippen molar-refractivity contribution in [2.45, 2.75) is 46.1 Å². The van der Waals surface area contributed by atoms with Crippen LogP contribution in [0.3, 0.4) is 0 Å². The second kappa shape index (κ2) is 9.10. The average molecular weight is 402 g/mol. The lowest BCUT2D eigenvalue weighted by atomic mass is 10.0. The van der Waals surface area contributed by atoms with E-state index in [1.54, 1.807) is 30.4 Å². The zero-order chi connectivity index (χ0) is 20.1. The minimum atomic E-state index is -0.312. The van der Waals surface area contributed by atoms with Gasteiger partial charge in [0.25, 0.3) is 0 Å². The number of nitrogens with zero attached hydrogens (tertiary/aromatic N) is 2. The molecule has 1 aromatic carbocycles. The van der Waals surface area contributed by atoms with Crippen LogP contribution in [-0.2, 0) is 11.2 Å². The predicted octanol–water partition coefficient (Wildman–Crippen LogP) is 5.08. The summed E-state index contributed by atoms with van der Waals surface area (Å²) in [5.41, 5.74) is 1.11. The van der Waals surface area contributed by atoms with Crippen LogP contribution in [0.1, 0.15) is 49.1 Å². The van der Waals surface area contributed by atoms with Gasteiger partial charge >= 0.3 is 0 Å². The molecule has 1 amide bonds. The van der Waals surface area contributed by atoms with Crippen molar-refractivity contribution in [1.82, 2.24) is 15.5 Å². The number of nitrogens with one attached hydrogen (secondary N) is 1. The van der Waals surface area contributed by atoms with Gasteiger partial charge in [-0.25, -0.2) is 4.39 Å². The van der Waals surface area contributed by atoms with Crippen LogP contribution in [0, 0.1) is 18.7 Å². The molecule has 28 heavy (non-hydrogen) atoms. The Bertz CT molecular complexity index is 922. The van der Waals surface area contributed by atoms with E-state index in [9.17, 15) is 9.18 Å². The lowest BCUT2D eigenvalue weighted by Crippen LogP contribution is -2.29. The monoisotopic (exact) mass is 401 g/mol. The number of rotatable bonds is 8. The standard InChI is InChI=1S/C21H24FN3O2S/c1-13(2)11-17(18-5-4-10-28-18)23-19(26)8-9-20-24-21(25-27-20)15-7-6-14(3)16(22)12-15/h4-7,10,12-13,17H,8-9,11H2,1-3H3,(H,23,26). The van der Waals surface area contributed by atoms with Crippen LogP contribution in [0.4, 0.5) is 4.39 Å². The molecule has 5 nitrogen and oxygen atoms in total. The molecule has 0 spiro atoms. The number of amides is 1. The zero-order valence-corrected chi connectivity index (χ0v) is 17.1. The van der Waals surface area contributed by atoms with Crippen LogP contribution in [0.2, 0.25) is 0 Å². The first-order valence-electron chi connectivity index (χ1n) is 9.34. The summed E-state index contributed by atoms with van der Waals surface area (Å²) in [6, 6.07) is 8.86. The van der Waals surface area contributed by atoms with Gasteiger partial charge in [0.15, 0.2) is 0 Å². The van der Waals surface area contributed by atoms with E-state index in [-0.39, 0.29) is 24.2 Å². The quantitative estimate of drug-likeness (QED) is 0.571. The molecule has 3 aromatic rings. The second-order valence-corrected chi connectivity index (χ2v) is 8.22. The van der Waals surface area contributed by atoms with E-state index in [2.05, 4.69) is 29.3 Å². The van der Waals surface area contributed by atoms with Crippen LogP contribution in [0.5, 0.6) is 0 Å². The highest BCUT2D eigenvalue weighted by Crippen LogP contribution is 2.25. The molecule has 0 aliphatic carbocycles. The van der Waals surface area contributed by atoms with Crippen LogP contribution in [-0.4, -0.2) is 16.0 Å². The minimum absolute atomic E-state index is 0.0151. The third kappa shape index (κ3) is 5.25. The summed E-state index contributed by atoms with van der Waals surface area (Å²) in [5, 5.41) is 9.02. The Balaban J connectivity index is 1.58. The molecule has 0 radical (unpaired) electrons. The molecule has 0 bridgehead atoms. The molecule has 148 valence electrons. The maximum absolute atomic E-state index is 13.7. The van der Waals surface area contributed by atoms with Gasteiger partial charge in [0, 0.05) is 23.3 Å². The summed E-state index contributed by atoms with van der Waals surface area (Å²) in [6.45, 7) is 5.98. The normalized spacial score (nSPS) is 12.3. The molecule has 2 heterocycles. The van der Waals surface area contributed by atoms with Gasteiger partial charge in [0.05, 0.1) is 6.04 Å². The van der Waals surface area contributed by atoms with Crippen molar-refractivity contribution in [1.29, 1.82) is 0 Å². The van der Waals surface area contributed by atoms with Crippen molar-refractivity contribution in [2.24, 2.45) is 5.92 Å². The van der Waals surface area contributed by atoms with Gasteiger partial charge in [-0.1, -0.05) is 37.2 Å². The third-order valence-electron chi connectivity index (χ3n) is 4.39. The van der Waals surface area contributed by atoms with E-state index in [0.717, 1.165) is 11.3 Å². The first kappa shape index (κ1) is 20.2. The van der Waals surface area contributed by atoms with Crippen LogP contribution in [0.15, 0.2) is 40.2 Å². The SMILES string of the molecule is Cc1ccc(-c2noc(CCC(=O)NC(CC(C)C)c3cccs3)n2)cc1F. The summed E-state index contributed by atoms with van der Waals surface area (Å²) < 4.78 is 18.9. The van der Waals surface area contributed by atoms with E-state index >= 15 is 0 Å². The highest BCUT2D eigenvalue weighted by atomic mass is 32.1. The molecule has 0 aliphatic heterocycles. The summed E-state index contributed by atoms with van der Waals surface area (Å²) in [4.78, 5) is 17.9. The fourth-order valence-electron chi connectivity index (χ4n) is 2.90. The molecule has 3 rings (SSSR count). The average Bonchev–Trinajstić information content (AvgIpc) is 3.33. The lowest BCUT2D eigenvalue weighted by Gasteiger charge is -2.19. The van der Waals surface area contributed by atoms with Gasteiger partial charge in [-0.15, -0.1) is 11.3 Å². The first-order valence-corrected chi connectivity index (χ1v) is 10.2. The fraction of sp³-hybridized carbons (Fsp3) is 0.381. The fourth-order valence-corrected chi connectivity index (χ4v) is 3.69. The Morgan fingerprint density at radius 2 is 2.14 bits per heavy atom. The van der Waals surface area contributed by atoms with Crippen molar-refractivity contribution in [3.63, 3.8) is 0 Å². The number of benzene rings is 1. The van der Waals surface area contributed by atoms with E-state index < -0.39 is 0 Å². The van der Waals surface area contributed by atoms with Crippen LogP contribution >= 0.6 is 11.3 Å². The van der Waals surface area contributed by atoms with E-state index in [0.29, 0.717) is 35.2 Å². The topological polar surface area (TPSA) is 68.0 Å². The number of carbonyl (C=O) groups is 1. The Kier molecular flexibility index (Phi) is 6.57. The highest BCUT2D eigenvalue weighted by molar-refractivity contribution is 7.10. The Hall–Kier alpha value is -2.54. The maximum atomic E-state index is 13.7. The van der Waals surface area contributed by atoms with Crippen molar-refractivity contribution in [3.05, 3.63) is 57.9 Å². The first-order chi connectivity index (χ1) is 13.4. The van der Waals surface area contributed by atoms with Crippen LogP contribution < -0.4 is 5.32 Å². The molecular formula is C21H24FN3O2S. The molecule has 0 saturated carbocycles. The summed E-state index contributed by atoms with van der Waals surface area (Å²) >= 11 is 1.65. The summed E-state index contributed by atoms with van der Waals surface area (Å²) in [6.07, 6.45) is 1.48. The minimum Gasteiger partial charge on any atom is -0.348 e. The predicted molar refractivity (Wildman–Crippen MR) is 107 cm³/mol. The Morgan fingerprint density at radius 3 is 2.82 bits per heavy atom. The maximum Gasteiger partial charge on any atom is 0.227 e. The van der Waals surface area contributed by atoms with Crippen molar-refractivity contribution in [2.75, 3.05) is 0 Å². The molecule has 7 heteroatoms. The van der Waals surface area contributed by atoms with Gasteiger partial charge in [0.1, 0.15) is 5.82 Å². The molecule has 0 fully saturated rings. The van der Waals surface area contributed by atoms with Gasteiger partial charge in [0.2, 0.25) is 17.6 Å². The summed E-state index contributed by atoms with van der Waals surface area (Å²) in [5.74, 6) is 0.794. The molecule has 1 unspecified atom stereocenters. The second-order valence-electron chi connectivity index (χ2n) is 7.24. The van der Waals surface area contributed by atoms with Gasteiger partial charge in [-0.05, 0) is 42.3 Å². The number of hydrogen-bond donors (Lipinski definition) is 1. The Morgan fingerprint density at radius 1 is 1.32 bits per heavy atom. The van der Waals surface area contributed by atoms with Crippen molar-refractivity contribution in [3.8, 4) is 11.4 Å². The number of hydrogen-bond acceptors (Lipinski definition) is 5. The molecule has 0 aliphatic rings. The number of aryl methyl sites for hydroxylation is 2. The van der Waals surface area contributed by atoms with Gasteiger partial charge in [-0.2, -0.15) is 4.98 Å². The van der Waals surface area contributed by atoms with E-state index in [1.165, 1.54) is 6.07 Å².